The van der Waals surface area contributed by atoms with Crippen molar-refractivity contribution in [3.05, 3.63) is 35.7 Å². The summed E-state index contributed by atoms with van der Waals surface area (Å²) in [7, 11) is 1.70. The number of fused-ring (bicyclic) bond motifs is 1. The first kappa shape index (κ1) is 7.50. The maximum absolute atomic E-state index is 5.23. The quantitative estimate of drug-likeness (QED) is 0.608. The standard InChI is InChI=1S/C10H9OS/c1-11-9-6-7-12-10-5-3-2-4-8(9)10/h2-7H,1H3/q+1. The second kappa shape index (κ2) is 3.07. The maximum atomic E-state index is 5.23. The Labute approximate surface area is 75.2 Å². The summed E-state index contributed by atoms with van der Waals surface area (Å²) in [5.74, 6) is 0.948. The molecule has 0 saturated heterocycles. The van der Waals surface area contributed by atoms with E-state index in [2.05, 4.69) is 12.1 Å². The first-order valence-electron chi connectivity index (χ1n) is 3.75. The highest BCUT2D eigenvalue weighted by atomic mass is 32.1. The lowest BCUT2D eigenvalue weighted by Crippen LogP contribution is -1.82. The lowest BCUT2D eigenvalue weighted by atomic mass is 10.2. The minimum atomic E-state index is 0.948. The van der Waals surface area contributed by atoms with Gasteiger partial charge in [0.1, 0.15) is 5.75 Å². The van der Waals surface area contributed by atoms with E-state index < -0.39 is 0 Å². The maximum Gasteiger partial charge on any atom is 0.241 e. The molecule has 0 aliphatic heterocycles. The molecule has 0 aliphatic rings. The van der Waals surface area contributed by atoms with Crippen molar-refractivity contribution in [3.8, 4) is 5.75 Å². The fraction of sp³-hybridized carbons (Fsp3) is 0.100. The lowest BCUT2D eigenvalue weighted by molar-refractivity contribution is 0.420. The molecule has 0 bridgehead atoms. The van der Waals surface area contributed by atoms with Gasteiger partial charge in [-0.05, 0) is 6.07 Å². The molecule has 1 nitrogen and oxygen atoms in total. The molecule has 60 valence electrons. The Hall–Kier alpha value is -1.15. The SMILES string of the molecule is COc1cc[s+]c2ccccc12. The van der Waals surface area contributed by atoms with E-state index in [0.29, 0.717) is 0 Å². The van der Waals surface area contributed by atoms with Gasteiger partial charge in [0.15, 0.2) is 5.38 Å². The van der Waals surface area contributed by atoms with E-state index >= 15 is 0 Å². The normalized spacial score (nSPS) is 10.1. The van der Waals surface area contributed by atoms with E-state index in [9.17, 15) is 0 Å². The van der Waals surface area contributed by atoms with Crippen LogP contribution in [0.25, 0.3) is 10.1 Å². The molecule has 12 heavy (non-hydrogen) atoms. The lowest BCUT2D eigenvalue weighted by Gasteiger charge is -1.97. The molecule has 0 radical (unpaired) electrons. The molecule has 0 saturated carbocycles. The zero-order valence-electron chi connectivity index (χ0n) is 6.78. The molecule has 2 heteroatoms. The smallest absolute Gasteiger partial charge is 0.241 e. The second-order valence-electron chi connectivity index (χ2n) is 2.49. The van der Waals surface area contributed by atoms with Gasteiger partial charge in [-0.2, -0.15) is 0 Å². The van der Waals surface area contributed by atoms with Crippen LogP contribution in [0.5, 0.6) is 5.75 Å². The van der Waals surface area contributed by atoms with Crippen LogP contribution in [0.2, 0.25) is 0 Å². The molecule has 0 N–H and O–H groups in total. The van der Waals surface area contributed by atoms with Crippen molar-refractivity contribution < 1.29 is 4.74 Å². The van der Waals surface area contributed by atoms with Crippen LogP contribution in [-0.4, -0.2) is 7.11 Å². The molecule has 0 atom stereocenters. The van der Waals surface area contributed by atoms with Crippen LogP contribution in [0.3, 0.4) is 0 Å². The number of benzene rings is 1. The van der Waals surface area contributed by atoms with Gasteiger partial charge in [0.25, 0.3) is 0 Å². The number of ether oxygens (including phenoxy) is 1. The van der Waals surface area contributed by atoms with Gasteiger partial charge in [-0.15, -0.1) is 0 Å². The van der Waals surface area contributed by atoms with E-state index in [1.165, 1.54) is 10.1 Å². The summed E-state index contributed by atoms with van der Waals surface area (Å²) >= 11 is 1.73. The van der Waals surface area contributed by atoms with Crippen LogP contribution in [0.15, 0.2) is 35.7 Å². The van der Waals surface area contributed by atoms with E-state index in [1.54, 1.807) is 18.4 Å². The fourth-order valence-electron chi connectivity index (χ4n) is 1.21. The molecule has 1 aromatic heterocycles. The van der Waals surface area contributed by atoms with Gasteiger partial charge in [-0.3, -0.25) is 0 Å². The number of hydrogen-bond donors (Lipinski definition) is 0. The summed E-state index contributed by atoms with van der Waals surface area (Å²) < 4.78 is 6.50. The Kier molecular flexibility index (Phi) is 1.92. The summed E-state index contributed by atoms with van der Waals surface area (Å²) in [4.78, 5) is 0. The van der Waals surface area contributed by atoms with Crippen LogP contribution in [0, 0.1) is 0 Å². The van der Waals surface area contributed by atoms with Gasteiger partial charge in [0.2, 0.25) is 16.0 Å². The van der Waals surface area contributed by atoms with E-state index in [4.69, 9.17) is 4.74 Å². The highest BCUT2D eigenvalue weighted by Crippen LogP contribution is 2.27. The largest absolute Gasteiger partial charge is 0.496 e. The Morgan fingerprint density at radius 3 is 2.83 bits per heavy atom. The molecule has 0 spiro atoms. The molecular formula is C10H9OS+. The number of hydrogen-bond acceptors (Lipinski definition) is 1. The zero-order chi connectivity index (χ0) is 8.39. The van der Waals surface area contributed by atoms with Crippen molar-refractivity contribution in [2.45, 2.75) is 0 Å². The third kappa shape index (κ3) is 1.14. The molecule has 2 aromatic rings. The van der Waals surface area contributed by atoms with Gasteiger partial charge >= 0.3 is 0 Å². The molecule has 1 aromatic carbocycles. The first-order valence-corrected chi connectivity index (χ1v) is 4.63. The highest BCUT2D eigenvalue weighted by Gasteiger charge is 2.07. The zero-order valence-corrected chi connectivity index (χ0v) is 7.60. The van der Waals surface area contributed by atoms with Crippen LogP contribution in [0.4, 0.5) is 0 Å². The Bertz CT molecular complexity index is 392. The fourth-order valence-corrected chi connectivity index (χ4v) is 2.00. The van der Waals surface area contributed by atoms with Gasteiger partial charge in [0.05, 0.1) is 12.5 Å². The van der Waals surface area contributed by atoms with Crippen molar-refractivity contribution in [1.29, 1.82) is 0 Å². The van der Waals surface area contributed by atoms with E-state index in [1.807, 2.05) is 23.6 Å². The third-order valence-corrected chi connectivity index (χ3v) is 2.67. The van der Waals surface area contributed by atoms with Crippen molar-refractivity contribution in [1.82, 2.24) is 0 Å². The summed E-state index contributed by atoms with van der Waals surface area (Å²) in [6.45, 7) is 0. The number of rotatable bonds is 1. The van der Waals surface area contributed by atoms with E-state index in [0.717, 1.165) is 5.75 Å². The predicted octanol–water partition coefficient (Wildman–Crippen LogP) is 3.19. The van der Waals surface area contributed by atoms with Crippen LogP contribution < -0.4 is 4.74 Å². The van der Waals surface area contributed by atoms with Gasteiger partial charge in [-0.1, -0.05) is 12.1 Å². The summed E-state index contributed by atoms with van der Waals surface area (Å²) in [6, 6.07) is 10.2. The average Bonchev–Trinajstić information content (AvgIpc) is 2.17. The Balaban J connectivity index is 2.79. The minimum Gasteiger partial charge on any atom is -0.496 e. The predicted molar refractivity (Wildman–Crippen MR) is 52.8 cm³/mol. The summed E-state index contributed by atoms with van der Waals surface area (Å²) in [6.07, 6.45) is 0. The topological polar surface area (TPSA) is 9.23 Å². The second-order valence-corrected chi connectivity index (χ2v) is 3.43. The molecule has 0 unspecified atom stereocenters. The molecule has 0 aliphatic carbocycles. The van der Waals surface area contributed by atoms with Crippen molar-refractivity contribution in [3.63, 3.8) is 0 Å². The monoisotopic (exact) mass is 177 g/mol. The van der Waals surface area contributed by atoms with Crippen LogP contribution in [0.1, 0.15) is 0 Å². The van der Waals surface area contributed by atoms with Crippen molar-refractivity contribution in [2.24, 2.45) is 0 Å². The third-order valence-electron chi connectivity index (χ3n) is 1.79. The molecule has 0 amide bonds. The van der Waals surface area contributed by atoms with Gasteiger partial charge in [-0.25, -0.2) is 0 Å². The highest BCUT2D eigenvalue weighted by molar-refractivity contribution is 7.16. The molecule has 0 fully saturated rings. The van der Waals surface area contributed by atoms with Crippen molar-refractivity contribution >= 4 is 21.4 Å². The van der Waals surface area contributed by atoms with Gasteiger partial charge in [0, 0.05) is 12.1 Å². The minimum absolute atomic E-state index is 0.948. The molecular weight excluding hydrogens is 168 g/mol. The molecule has 1 heterocycles. The molecule has 2 rings (SSSR count). The van der Waals surface area contributed by atoms with Crippen LogP contribution >= 0.6 is 11.3 Å². The summed E-state index contributed by atoms with van der Waals surface area (Å²) in [5.41, 5.74) is 0. The van der Waals surface area contributed by atoms with Gasteiger partial charge < -0.3 is 4.74 Å². The Morgan fingerprint density at radius 1 is 1.17 bits per heavy atom. The van der Waals surface area contributed by atoms with Crippen molar-refractivity contribution in [2.75, 3.05) is 7.11 Å². The van der Waals surface area contributed by atoms with Crippen LogP contribution in [-0.2, 0) is 0 Å². The first-order chi connectivity index (χ1) is 5.92. The average molecular weight is 177 g/mol. The number of methoxy groups -OCH3 is 1. The van der Waals surface area contributed by atoms with E-state index in [-0.39, 0.29) is 0 Å². The summed E-state index contributed by atoms with van der Waals surface area (Å²) in [5, 5.41) is 3.23. The Morgan fingerprint density at radius 2 is 2.00 bits per heavy atom.